The van der Waals surface area contributed by atoms with Gasteiger partial charge >= 0.3 is 0 Å². The highest BCUT2D eigenvalue weighted by Gasteiger charge is 2.29. The van der Waals surface area contributed by atoms with E-state index in [9.17, 15) is 17.6 Å². The molecule has 7 heteroatoms. The van der Waals surface area contributed by atoms with E-state index in [0.717, 1.165) is 29.8 Å². The molecule has 1 atom stereocenters. The molecule has 0 aromatic heterocycles. The topological polar surface area (TPSA) is 66.5 Å². The number of hydrogen-bond acceptors (Lipinski definition) is 4. The van der Waals surface area contributed by atoms with Gasteiger partial charge < -0.3 is 10.2 Å². The zero-order valence-corrected chi connectivity index (χ0v) is 15.9. The van der Waals surface area contributed by atoms with Crippen LogP contribution in [0.4, 0.5) is 4.39 Å². The minimum Gasteiger partial charge on any atom is -0.351 e. The van der Waals surface area contributed by atoms with E-state index in [-0.39, 0.29) is 11.4 Å². The largest absolute Gasteiger partial charge is 0.351 e. The quantitative estimate of drug-likeness (QED) is 0.751. The zero-order valence-electron chi connectivity index (χ0n) is 15.1. The summed E-state index contributed by atoms with van der Waals surface area (Å²) in [6, 6.07) is 12.1. The standard InChI is InChI=1S/C19H23FN2O3S/c1-14(26(24,25)18-10-8-17(20)9-11-18)19(23)21-12-15-6-4-5-7-16(15)13-22(2)3/h4-11,14H,12-13H2,1-3H3,(H,21,23). The number of hydrogen-bond donors (Lipinski definition) is 1. The van der Waals surface area contributed by atoms with Crippen molar-refractivity contribution in [3.63, 3.8) is 0 Å². The number of sulfone groups is 1. The summed E-state index contributed by atoms with van der Waals surface area (Å²) in [6.45, 7) is 2.29. The summed E-state index contributed by atoms with van der Waals surface area (Å²) in [5.74, 6) is -1.12. The molecule has 1 amide bonds. The molecule has 26 heavy (non-hydrogen) atoms. The summed E-state index contributed by atoms with van der Waals surface area (Å²) in [4.78, 5) is 14.3. The Kier molecular flexibility index (Phi) is 6.50. The number of carbonyl (C=O) groups excluding carboxylic acids is 1. The summed E-state index contributed by atoms with van der Waals surface area (Å²) in [5, 5.41) is 1.42. The van der Waals surface area contributed by atoms with E-state index < -0.39 is 26.8 Å². The van der Waals surface area contributed by atoms with Gasteiger partial charge in [-0.1, -0.05) is 24.3 Å². The molecule has 0 bridgehead atoms. The molecule has 0 aliphatic rings. The Morgan fingerprint density at radius 1 is 1.08 bits per heavy atom. The molecule has 0 heterocycles. The second-order valence-corrected chi connectivity index (χ2v) is 8.63. The summed E-state index contributed by atoms with van der Waals surface area (Å²) in [6.07, 6.45) is 0. The Morgan fingerprint density at radius 3 is 2.23 bits per heavy atom. The van der Waals surface area contributed by atoms with Crippen molar-refractivity contribution in [2.24, 2.45) is 0 Å². The molecule has 0 saturated carbocycles. The average molecular weight is 378 g/mol. The molecule has 0 radical (unpaired) electrons. The van der Waals surface area contributed by atoms with Gasteiger partial charge in [-0.2, -0.15) is 0 Å². The van der Waals surface area contributed by atoms with Gasteiger partial charge in [0.2, 0.25) is 5.91 Å². The van der Waals surface area contributed by atoms with E-state index in [2.05, 4.69) is 5.32 Å². The lowest BCUT2D eigenvalue weighted by Crippen LogP contribution is -2.37. The maximum absolute atomic E-state index is 13.0. The number of carbonyl (C=O) groups is 1. The minimum atomic E-state index is -3.88. The molecular formula is C19H23FN2O3S. The van der Waals surface area contributed by atoms with Crippen molar-refractivity contribution in [2.75, 3.05) is 14.1 Å². The second kappa shape index (κ2) is 8.42. The summed E-state index contributed by atoms with van der Waals surface area (Å²) in [5.41, 5.74) is 1.99. The highest BCUT2D eigenvalue weighted by Crippen LogP contribution is 2.17. The van der Waals surface area contributed by atoms with Crippen LogP contribution in [0.3, 0.4) is 0 Å². The van der Waals surface area contributed by atoms with Gasteiger partial charge in [0.25, 0.3) is 0 Å². The number of nitrogens with one attached hydrogen (secondary N) is 1. The predicted octanol–water partition coefficient (Wildman–Crippen LogP) is 2.37. The zero-order chi connectivity index (χ0) is 19.3. The fraction of sp³-hybridized carbons (Fsp3) is 0.316. The molecule has 0 fully saturated rings. The number of amides is 1. The van der Waals surface area contributed by atoms with Crippen molar-refractivity contribution in [1.29, 1.82) is 0 Å². The molecule has 2 rings (SSSR count). The SMILES string of the molecule is CC(C(=O)NCc1ccccc1CN(C)C)S(=O)(=O)c1ccc(F)cc1. The first kappa shape index (κ1) is 20.1. The molecule has 5 nitrogen and oxygen atoms in total. The average Bonchev–Trinajstić information content (AvgIpc) is 2.60. The molecule has 140 valence electrons. The molecule has 1 unspecified atom stereocenters. The molecular weight excluding hydrogens is 355 g/mol. The Hall–Kier alpha value is -2.25. The monoisotopic (exact) mass is 378 g/mol. The Bertz CT molecular complexity index is 865. The third-order valence-electron chi connectivity index (χ3n) is 4.03. The van der Waals surface area contributed by atoms with Crippen LogP contribution in [0.25, 0.3) is 0 Å². The van der Waals surface area contributed by atoms with E-state index in [0.29, 0.717) is 0 Å². The van der Waals surface area contributed by atoms with E-state index >= 15 is 0 Å². The summed E-state index contributed by atoms with van der Waals surface area (Å²) in [7, 11) is 0.0268. The smallest absolute Gasteiger partial charge is 0.238 e. The first-order chi connectivity index (χ1) is 12.2. The van der Waals surface area contributed by atoms with Crippen LogP contribution in [-0.4, -0.2) is 38.6 Å². The Balaban J connectivity index is 2.09. The van der Waals surface area contributed by atoms with E-state index in [1.807, 2.05) is 43.3 Å². The molecule has 0 aliphatic heterocycles. The van der Waals surface area contributed by atoms with Crippen molar-refractivity contribution in [3.05, 3.63) is 65.5 Å². The first-order valence-corrected chi connectivity index (χ1v) is 9.75. The maximum Gasteiger partial charge on any atom is 0.238 e. The van der Waals surface area contributed by atoms with Gasteiger partial charge in [0.1, 0.15) is 11.1 Å². The molecule has 0 spiro atoms. The predicted molar refractivity (Wildman–Crippen MR) is 98.7 cm³/mol. The third-order valence-corrected chi connectivity index (χ3v) is 6.11. The van der Waals surface area contributed by atoms with Crippen LogP contribution in [0.2, 0.25) is 0 Å². The van der Waals surface area contributed by atoms with Gasteiger partial charge in [0.05, 0.1) is 4.90 Å². The van der Waals surface area contributed by atoms with E-state index in [1.54, 1.807) is 0 Å². The van der Waals surface area contributed by atoms with Gasteiger partial charge in [0.15, 0.2) is 9.84 Å². The van der Waals surface area contributed by atoms with Crippen molar-refractivity contribution in [3.8, 4) is 0 Å². The Labute approximate surface area is 153 Å². The Morgan fingerprint density at radius 2 is 1.65 bits per heavy atom. The van der Waals surface area contributed by atoms with Crippen LogP contribution in [0.15, 0.2) is 53.4 Å². The van der Waals surface area contributed by atoms with Crippen LogP contribution in [0, 0.1) is 5.82 Å². The van der Waals surface area contributed by atoms with Crippen LogP contribution in [0.5, 0.6) is 0 Å². The van der Waals surface area contributed by atoms with Gasteiger partial charge in [-0.25, -0.2) is 12.8 Å². The van der Waals surface area contributed by atoms with Gasteiger partial charge in [0, 0.05) is 13.1 Å². The second-order valence-electron chi connectivity index (χ2n) is 6.37. The highest BCUT2D eigenvalue weighted by molar-refractivity contribution is 7.92. The van der Waals surface area contributed by atoms with E-state index in [4.69, 9.17) is 0 Å². The van der Waals surface area contributed by atoms with Crippen molar-refractivity contribution >= 4 is 15.7 Å². The first-order valence-electron chi connectivity index (χ1n) is 8.20. The highest BCUT2D eigenvalue weighted by atomic mass is 32.2. The number of benzene rings is 2. The molecule has 1 N–H and O–H groups in total. The maximum atomic E-state index is 13.0. The molecule has 0 aliphatic carbocycles. The lowest BCUT2D eigenvalue weighted by atomic mass is 10.1. The molecule has 2 aromatic rings. The van der Waals surface area contributed by atoms with Crippen molar-refractivity contribution in [1.82, 2.24) is 10.2 Å². The fourth-order valence-corrected chi connectivity index (χ4v) is 3.81. The molecule has 2 aromatic carbocycles. The van der Waals surface area contributed by atoms with Crippen molar-refractivity contribution in [2.45, 2.75) is 30.2 Å². The summed E-state index contributed by atoms with van der Waals surface area (Å²) < 4.78 is 38.0. The lowest BCUT2D eigenvalue weighted by Gasteiger charge is -2.16. The van der Waals surface area contributed by atoms with Gasteiger partial charge in [-0.05, 0) is 56.4 Å². The summed E-state index contributed by atoms with van der Waals surface area (Å²) >= 11 is 0. The van der Waals surface area contributed by atoms with Crippen LogP contribution in [0.1, 0.15) is 18.1 Å². The van der Waals surface area contributed by atoms with Crippen LogP contribution < -0.4 is 5.32 Å². The molecule has 0 saturated heterocycles. The normalized spacial score (nSPS) is 12.8. The number of halogens is 1. The van der Waals surface area contributed by atoms with E-state index in [1.165, 1.54) is 19.1 Å². The number of rotatable bonds is 7. The third kappa shape index (κ3) is 4.89. The van der Waals surface area contributed by atoms with Gasteiger partial charge in [-0.3, -0.25) is 4.79 Å². The number of nitrogens with zero attached hydrogens (tertiary/aromatic N) is 1. The lowest BCUT2D eigenvalue weighted by molar-refractivity contribution is -0.120. The van der Waals surface area contributed by atoms with Crippen molar-refractivity contribution < 1.29 is 17.6 Å². The van der Waals surface area contributed by atoms with Gasteiger partial charge in [-0.15, -0.1) is 0 Å². The fourth-order valence-electron chi connectivity index (χ4n) is 2.52. The van der Waals surface area contributed by atoms with Crippen LogP contribution in [-0.2, 0) is 27.7 Å². The minimum absolute atomic E-state index is 0.0745. The van der Waals surface area contributed by atoms with Crippen LogP contribution >= 0.6 is 0 Å².